The summed E-state index contributed by atoms with van der Waals surface area (Å²) in [6, 6.07) is 27.0. The highest BCUT2D eigenvalue weighted by atomic mass is 32.1. The average molecular weight is 429 g/mol. The van der Waals surface area contributed by atoms with E-state index >= 15 is 0 Å². The lowest BCUT2D eigenvalue weighted by Crippen LogP contribution is -2.25. The van der Waals surface area contributed by atoms with E-state index < -0.39 is 0 Å². The molecule has 31 heavy (non-hydrogen) atoms. The normalized spacial score (nSPS) is 10.6. The zero-order chi connectivity index (χ0) is 21.6. The first kappa shape index (κ1) is 20.8. The summed E-state index contributed by atoms with van der Waals surface area (Å²) in [5.74, 6) is 0.633. The molecule has 4 aromatic rings. The molecular formula is C26H24N2O2S. The zero-order valence-corrected chi connectivity index (χ0v) is 18.4. The second-order valence-corrected chi connectivity index (χ2v) is 8.15. The topological polar surface area (TPSA) is 42.4 Å². The summed E-state index contributed by atoms with van der Waals surface area (Å²) in [4.78, 5) is 21.4. The van der Waals surface area contributed by atoms with Gasteiger partial charge in [-0.25, -0.2) is 4.98 Å². The Kier molecular flexibility index (Phi) is 6.43. The largest absolute Gasteiger partial charge is 0.497 e. The summed E-state index contributed by atoms with van der Waals surface area (Å²) in [5.41, 5.74) is 3.38. The number of benzene rings is 3. The Morgan fingerprint density at radius 3 is 2.19 bits per heavy atom. The van der Waals surface area contributed by atoms with Crippen LogP contribution < -0.4 is 9.64 Å². The van der Waals surface area contributed by atoms with Gasteiger partial charge in [-0.05, 0) is 42.8 Å². The number of aromatic nitrogens is 1. The molecular weight excluding hydrogens is 404 g/mol. The Labute approximate surface area is 186 Å². The van der Waals surface area contributed by atoms with Gasteiger partial charge in [-0.3, -0.25) is 9.69 Å². The minimum absolute atomic E-state index is 0.109. The van der Waals surface area contributed by atoms with Crippen LogP contribution in [0, 0.1) is 0 Å². The van der Waals surface area contributed by atoms with Gasteiger partial charge in [-0.2, -0.15) is 0 Å². The van der Waals surface area contributed by atoms with Crippen molar-refractivity contribution in [3.8, 4) is 17.0 Å². The molecule has 156 valence electrons. The lowest BCUT2D eigenvalue weighted by molar-refractivity contribution is 0.0999. The Morgan fingerprint density at radius 1 is 0.935 bits per heavy atom. The van der Waals surface area contributed by atoms with Gasteiger partial charge in [0.05, 0.1) is 18.5 Å². The number of ether oxygens (including phenoxy) is 1. The molecule has 1 amide bonds. The third-order valence-electron chi connectivity index (χ3n) is 4.96. The fourth-order valence-corrected chi connectivity index (χ4v) is 4.61. The van der Waals surface area contributed by atoms with Gasteiger partial charge in [0.2, 0.25) is 0 Å². The molecule has 4 rings (SSSR count). The third-order valence-corrected chi connectivity index (χ3v) is 6.06. The number of anilines is 2. The second kappa shape index (κ2) is 9.58. The maximum absolute atomic E-state index is 13.6. The van der Waals surface area contributed by atoms with Crippen LogP contribution in [0.2, 0.25) is 0 Å². The summed E-state index contributed by atoms with van der Waals surface area (Å²) >= 11 is 1.58. The summed E-state index contributed by atoms with van der Waals surface area (Å²) in [6.07, 6.45) is 1.93. The van der Waals surface area contributed by atoms with Crippen LogP contribution in [-0.2, 0) is 6.42 Å². The highest BCUT2D eigenvalue weighted by Crippen LogP contribution is 2.38. The quantitative estimate of drug-likeness (QED) is 0.327. The summed E-state index contributed by atoms with van der Waals surface area (Å²) in [6.45, 7) is 2.16. The van der Waals surface area contributed by atoms with Crippen molar-refractivity contribution in [2.45, 2.75) is 19.8 Å². The van der Waals surface area contributed by atoms with Crippen molar-refractivity contribution in [2.24, 2.45) is 0 Å². The molecule has 0 aliphatic heterocycles. The fourth-order valence-electron chi connectivity index (χ4n) is 3.41. The zero-order valence-electron chi connectivity index (χ0n) is 17.6. The van der Waals surface area contributed by atoms with E-state index in [1.54, 1.807) is 23.3 Å². The molecule has 0 radical (unpaired) electrons. The van der Waals surface area contributed by atoms with Crippen molar-refractivity contribution in [1.82, 2.24) is 4.98 Å². The fraction of sp³-hybridized carbons (Fsp3) is 0.154. The van der Waals surface area contributed by atoms with E-state index in [0.717, 1.165) is 35.5 Å². The molecule has 0 spiro atoms. The lowest BCUT2D eigenvalue weighted by atomic mass is 10.1. The molecule has 0 N–H and O–H groups in total. The van der Waals surface area contributed by atoms with Gasteiger partial charge >= 0.3 is 0 Å². The molecule has 0 saturated heterocycles. The summed E-state index contributed by atoms with van der Waals surface area (Å²) in [5, 5.41) is 0.668. The number of carbonyl (C=O) groups is 1. The van der Waals surface area contributed by atoms with Crippen molar-refractivity contribution in [1.29, 1.82) is 0 Å². The number of amides is 1. The molecule has 0 unspecified atom stereocenters. The minimum Gasteiger partial charge on any atom is -0.497 e. The van der Waals surface area contributed by atoms with Crippen molar-refractivity contribution in [3.05, 3.63) is 95.4 Å². The highest BCUT2D eigenvalue weighted by molar-refractivity contribution is 7.16. The Bertz CT molecular complexity index is 1140. The van der Waals surface area contributed by atoms with Crippen LogP contribution in [0.25, 0.3) is 11.3 Å². The van der Waals surface area contributed by atoms with Crippen molar-refractivity contribution >= 4 is 28.1 Å². The molecule has 0 saturated carbocycles. The second-order valence-electron chi connectivity index (χ2n) is 7.09. The number of methoxy groups -OCH3 is 1. The molecule has 0 aliphatic rings. The molecule has 1 heterocycles. The van der Waals surface area contributed by atoms with Crippen molar-refractivity contribution < 1.29 is 9.53 Å². The first-order valence-corrected chi connectivity index (χ1v) is 11.1. The number of aryl methyl sites for hydroxylation is 1. The van der Waals surface area contributed by atoms with Crippen molar-refractivity contribution in [2.75, 3.05) is 12.0 Å². The van der Waals surface area contributed by atoms with Crippen LogP contribution in [0.3, 0.4) is 0 Å². The Balaban J connectivity index is 1.84. The average Bonchev–Trinajstić information content (AvgIpc) is 3.24. The maximum Gasteiger partial charge on any atom is 0.264 e. The Morgan fingerprint density at radius 2 is 1.58 bits per heavy atom. The molecule has 3 aromatic carbocycles. The number of nitrogens with zero attached hydrogens (tertiary/aromatic N) is 2. The number of thiazole rings is 1. The predicted octanol–water partition coefficient (Wildman–Crippen LogP) is 6.75. The molecule has 4 nitrogen and oxygen atoms in total. The standard InChI is InChI=1S/C26H24N2O2S/c1-3-10-23-24(19-11-6-4-7-12-19)27-26(31-23)28(21-15-17-22(30-2)18-16-21)25(29)20-13-8-5-9-14-20/h4-9,11-18H,3,10H2,1-2H3. The van der Waals surface area contributed by atoms with Gasteiger partial charge in [0.15, 0.2) is 5.13 Å². The first-order valence-electron chi connectivity index (χ1n) is 10.3. The van der Waals surface area contributed by atoms with E-state index in [4.69, 9.17) is 9.72 Å². The number of hydrogen-bond donors (Lipinski definition) is 0. The van der Waals surface area contributed by atoms with Crippen LogP contribution >= 0.6 is 11.3 Å². The van der Waals surface area contributed by atoms with Gasteiger partial charge < -0.3 is 4.74 Å². The van der Waals surface area contributed by atoms with Crippen LogP contribution in [-0.4, -0.2) is 18.0 Å². The lowest BCUT2D eigenvalue weighted by Gasteiger charge is -2.20. The van der Waals surface area contributed by atoms with E-state index in [2.05, 4.69) is 19.1 Å². The minimum atomic E-state index is -0.109. The third kappa shape index (κ3) is 4.52. The van der Waals surface area contributed by atoms with Gasteiger partial charge in [0.25, 0.3) is 5.91 Å². The summed E-state index contributed by atoms with van der Waals surface area (Å²) in [7, 11) is 1.63. The van der Waals surface area contributed by atoms with Crippen molar-refractivity contribution in [3.63, 3.8) is 0 Å². The highest BCUT2D eigenvalue weighted by Gasteiger charge is 2.25. The van der Waals surface area contributed by atoms with E-state index in [0.29, 0.717) is 10.7 Å². The number of hydrogen-bond acceptors (Lipinski definition) is 4. The van der Waals surface area contributed by atoms with Gasteiger partial charge in [-0.15, -0.1) is 11.3 Å². The SMILES string of the molecule is CCCc1sc(N(C(=O)c2ccccc2)c2ccc(OC)cc2)nc1-c1ccccc1. The molecule has 0 fully saturated rings. The molecule has 0 bridgehead atoms. The number of carbonyl (C=O) groups excluding carboxylic acids is 1. The van der Waals surface area contributed by atoms with E-state index in [9.17, 15) is 4.79 Å². The first-order chi connectivity index (χ1) is 15.2. The van der Waals surface area contributed by atoms with Gasteiger partial charge in [0, 0.05) is 16.0 Å². The van der Waals surface area contributed by atoms with Crippen LogP contribution in [0.5, 0.6) is 5.75 Å². The Hall–Kier alpha value is -3.44. The van der Waals surface area contributed by atoms with Gasteiger partial charge in [-0.1, -0.05) is 61.9 Å². The maximum atomic E-state index is 13.6. The van der Waals surface area contributed by atoms with Crippen LogP contribution in [0.15, 0.2) is 84.9 Å². The molecule has 1 aromatic heterocycles. The molecule has 5 heteroatoms. The smallest absolute Gasteiger partial charge is 0.264 e. The number of rotatable bonds is 7. The summed E-state index contributed by atoms with van der Waals surface area (Å²) < 4.78 is 5.30. The molecule has 0 aliphatic carbocycles. The van der Waals surface area contributed by atoms with E-state index in [-0.39, 0.29) is 5.91 Å². The van der Waals surface area contributed by atoms with Crippen LogP contribution in [0.4, 0.5) is 10.8 Å². The molecule has 0 atom stereocenters. The predicted molar refractivity (Wildman–Crippen MR) is 127 cm³/mol. The van der Waals surface area contributed by atoms with Crippen LogP contribution in [0.1, 0.15) is 28.6 Å². The van der Waals surface area contributed by atoms with Gasteiger partial charge in [0.1, 0.15) is 5.75 Å². The van der Waals surface area contributed by atoms with E-state index in [1.165, 1.54) is 4.88 Å². The van der Waals surface area contributed by atoms with E-state index in [1.807, 2.05) is 72.8 Å². The monoisotopic (exact) mass is 428 g/mol.